The Balaban J connectivity index is 1.44. The van der Waals surface area contributed by atoms with Crippen LogP contribution < -0.4 is 0 Å². The van der Waals surface area contributed by atoms with E-state index >= 15 is 0 Å². The highest BCUT2D eigenvalue weighted by atomic mass is 19.4. The summed E-state index contributed by atoms with van der Waals surface area (Å²) in [4.78, 5) is 0. The molecule has 0 unspecified atom stereocenters. The minimum Gasteiger partial charge on any atom is -0.309 e. The largest absolute Gasteiger partial charge is 0.416 e. The lowest BCUT2D eigenvalue weighted by molar-refractivity contribution is -0.137. The molecule has 2 heterocycles. The van der Waals surface area contributed by atoms with E-state index in [2.05, 4.69) is 183 Å². The lowest BCUT2D eigenvalue weighted by atomic mass is 9.85. The van der Waals surface area contributed by atoms with Crippen molar-refractivity contribution in [3.8, 4) is 45.8 Å². The standard InChI is InChI=1S/C61H57F3N4/c1-57(2,3)39-18-24-50-45(30-39)46-31-40(58(4,5)6)19-25-51(46)67(50)54-23-16-36(44-22-17-43(61(62,63)64)28-38(44)35-66)29-49(54)56-37(34-65)14-13-15-55(56)68-52-26-20-41(59(7,8)9)32-47(52)48-33-42(60(10,11)12)21-27-53(48)68/h13-33H,1-12H3. The summed E-state index contributed by atoms with van der Waals surface area (Å²) in [6, 6.07) is 46.2. The summed E-state index contributed by atoms with van der Waals surface area (Å²) in [5.41, 5.74) is 11.4. The summed E-state index contributed by atoms with van der Waals surface area (Å²) in [6.07, 6.45) is -4.63. The number of hydrogen-bond donors (Lipinski definition) is 0. The van der Waals surface area contributed by atoms with Gasteiger partial charge in [0.05, 0.1) is 62.3 Å². The summed E-state index contributed by atoms with van der Waals surface area (Å²) in [7, 11) is 0. The summed E-state index contributed by atoms with van der Waals surface area (Å²) in [6.45, 7) is 26.6. The fraction of sp³-hybridized carbons (Fsp3) is 0.279. The number of fused-ring (bicyclic) bond motifs is 6. The molecule has 0 amide bonds. The average molecular weight is 903 g/mol. The van der Waals surface area contributed by atoms with Crippen LogP contribution in [0.4, 0.5) is 13.2 Å². The normalized spacial score (nSPS) is 12.9. The topological polar surface area (TPSA) is 57.4 Å². The monoisotopic (exact) mass is 902 g/mol. The number of halogens is 3. The average Bonchev–Trinajstić information content (AvgIpc) is 3.78. The number of aromatic nitrogens is 2. The minimum atomic E-state index is -4.63. The van der Waals surface area contributed by atoms with E-state index in [0.717, 1.165) is 67.1 Å². The van der Waals surface area contributed by atoms with Gasteiger partial charge in [0.1, 0.15) is 0 Å². The highest BCUT2D eigenvalue weighted by Crippen LogP contribution is 2.46. The molecule has 0 bridgehead atoms. The van der Waals surface area contributed by atoms with Crippen molar-refractivity contribution < 1.29 is 13.2 Å². The molecule has 0 radical (unpaired) electrons. The molecule has 4 nitrogen and oxygen atoms in total. The van der Waals surface area contributed by atoms with Crippen molar-refractivity contribution in [2.45, 2.75) is 111 Å². The van der Waals surface area contributed by atoms with Gasteiger partial charge in [0.15, 0.2) is 0 Å². The first-order valence-corrected chi connectivity index (χ1v) is 23.3. The molecule has 342 valence electrons. The number of hydrogen-bond acceptors (Lipinski definition) is 2. The van der Waals surface area contributed by atoms with Crippen LogP contribution >= 0.6 is 0 Å². The molecule has 0 aliphatic rings. The van der Waals surface area contributed by atoms with Crippen molar-refractivity contribution in [2.24, 2.45) is 0 Å². The number of alkyl halides is 3. The minimum absolute atomic E-state index is 0.0969. The van der Waals surface area contributed by atoms with Crippen molar-refractivity contribution in [1.82, 2.24) is 9.13 Å². The van der Waals surface area contributed by atoms with Gasteiger partial charge in [0.2, 0.25) is 0 Å². The molecule has 0 saturated carbocycles. The van der Waals surface area contributed by atoms with E-state index in [9.17, 15) is 23.7 Å². The Morgan fingerprint density at radius 3 is 1.16 bits per heavy atom. The van der Waals surface area contributed by atoms with Gasteiger partial charge in [-0.3, -0.25) is 0 Å². The van der Waals surface area contributed by atoms with E-state index in [1.807, 2.05) is 30.3 Å². The van der Waals surface area contributed by atoms with E-state index in [0.29, 0.717) is 27.8 Å². The molecule has 9 rings (SSSR count). The molecule has 0 saturated heterocycles. The van der Waals surface area contributed by atoms with Gasteiger partial charge in [-0.15, -0.1) is 0 Å². The Labute approximate surface area is 397 Å². The number of rotatable bonds is 4. The fourth-order valence-electron chi connectivity index (χ4n) is 9.70. The molecule has 0 aliphatic carbocycles. The van der Waals surface area contributed by atoms with Crippen LogP contribution in [0.3, 0.4) is 0 Å². The fourth-order valence-corrected chi connectivity index (χ4v) is 9.70. The molecule has 0 aliphatic heterocycles. The Bertz CT molecular complexity index is 3470. The van der Waals surface area contributed by atoms with Gasteiger partial charge in [0.25, 0.3) is 0 Å². The zero-order valence-corrected chi connectivity index (χ0v) is 41.0. The van der Waals surface area contributed by atoms with E-state index in [4.69, 9.17) is 0 Å². The van der Waals surface area contributed by atoms with E-state index in [1.165, 1.54) is 28.3 Å². The number of nitriles is 2. The van der Waals surface area contributed by atoms with Crippen LogP contribution in [0.5, 0.6) is 0 Å². The molecule has 68 heavy (non-hydrogen) atoms. The lowest BCUT2D eigenvalue weighted by Gasteiger charge is -2.22. The third-order valence-electron chi connectivity index (χ3n) is 13.7. The van der Waals surface area contributed by atoms with Crippen LogP contribution in [0.2, 0.25) is 0 Å². The van der Waals surface area contributed by atoms with Crippen LogP contribution in [0.15, 0.2) is 127 Å². The molecule has 7 heteroatoms. The second-order valence-corrected chi connectivity index (χ2v) is 22.5. The van der Waals surface area contributed by atoms with Crippen molar-refractivity contribution in [2.75, 3.05) is 0 Å². The van der Waals surface area contributed by atoms with Gasteiger partial charge < -0.3 is 9.13 Å². The molecule has 0 fully saturated rings. The number of nitrogens with zero attached hydrogens (tertiary/aromatic N) is 4. The summed E-state index contributed by atoms with van der Waals surface area (Å²) >= 11 is 0. The Kier molecular flexibility index (Phi) is 10.7. The molecule has 7 aromatic carbocycles. The van der Waals surface area contributed by atoms with Crippen molar-refractivity contribution in [3.05, 3.63) is 166 Å². The molecule has 9 aromatic rings. The summed E-state index contributed by atoms with van der Waals surface area (Å²) in [5, 5.41) is 26.0. The van der Waals surface area contributed by atoms with E-state index < -0.39 is 11.7 Å². The first-order chi connectivity index (χ1) is 31.8. The quantitative estimate of drug-likeness (QED) is 0.177. The van der Waals surface area contributed by atoms with Gasteiger partial charge in [-0.25, -0.2) is 0 Å². The third kappa shape index (κ3) is 7.82. The lowest BCUT2D eigenvalue weighted by Crippen LogP contribution is -2.10. The van der Waals surface area contributed by atoms with Gasteiger partial charge in [-0.05, 0) is 140 Å². The smallest absolute Gasteiger partial charge is 0.309 e. The molecular weight excluding hydrogens is 846 g/mol. The van der Waals surface area contributed by atoms with Gasteiger partial charge in [0, 0.05) is 32.7 Å². The SMILES string of the molecule is CC(C)(C)c1ccc2c(c1)c1cc(C(C)(C)C)ccc1n2-c1ccc(-c2ccc(C(F)(F)F)cc2C#N)cc1-c1c(C#N)cccc1-n1c2ccc(C(C)(C)C)cc2c2cc(C(C)(C)C)ccc21. The maximum Gasteiger partial charge on any atom is 0.416 e. The van der Waals surface area contributed by atoms with Gasteiger partial charge in [-0.1, -0.05) is 126 Å². The predicted molar refractivity (Wildman–Crippen MR) is 275 cm³/mol. The van der Waals surface area contributed by atoms with Crippen molar-refractivity contribution in [1.29, 1.82) is 10.5 Å². The van der Waals surface area contributed by atoms with Crippen LogP contribution in [0.1, 0.15) is 122 Å². The highest BCUT2D eigenvalue weighted by Gasteiger charge is 2.32. The molecular formula is C61H57F3N4. The zero-order valence-electron chi connectivity index (χ0n) is 41.0. The predicted octanol–water partition coefficient (Wildman–Crippen LogP) is 17.2. The highest BCUT2D eigenvalue weighted by molar-refractivity contribution is 6.12. The number of benzene rings is 7. The van der Waals surface area contributed by atoms with Crippen LogP contribution in [0, 0.1) is 22.7 Å². The molecule has 0 N–H and O–H groups in total. The zero-order chi connectivity index (χ0) is 49.0. The van der Waals surface area contributed by atoms with Gasteiger partial charge >= 0.3 is 6.18 Å². The Morgan fingerprint density at radius 1 is 0.382 bits per heavy atom. The second-order valence-electron chi connectivity index (χ2n) is 22.5. The first kappa shape index (κ1) is 46.0. The van der Waals surface area contributed by atoms with E-state index in [-0.39, 0.29) is 27.2 Å². The second kappa shape index (κ2) is 15.7. The molecule has 2 aromatic heterocycles. The summed E-state index contributed by atoms with van der Waals surface area (Å²) in [5.74, 6) is 0. The van der Waals surface area contributed by atoms with E-state index in [1.54, 1.807) is 0 Å². The molecule has 0 spiro atoms. The Hall–Kier alpha value is -7.09. The first-order valence-electron chi connectivity index (χ1n) is 23.3. The maximum absolute atomic E-state index is 14.1. The molecule has 0 atom stereocenters. The summed E-state index contributed by atoms with van der Waals surface area (Å²) < 4.78 is 46.7. The van der Waals surface area contributed by atoms with Crippen molar-refractivity contribution >= 4 is 43.6 Å². The Morgan fingerprint density at radius 2 is 0.779 bits per heavy atom. The van der Waals surface area contributed by atoms with Crippen LogP contribution in [-0.4, -0.2) is 9.13 Å². The van der Waals surface area contributed by atoms with Gasteiger partial charge in [-0.2, -0.15) is 23.7 Å². The van der Waals surface area contributed by atoms with Crippen molar-refractivity contribution in [3.63, 3.8) is 0 Å². The van der Waals surface area contributed by atoms with Crippen LogP contribution in [-0.2, 0) is 27.8 Å². The maximum atomic E-state index is 14.1. The third-order valence-corrected chi connectivity index (χ3v) is 13.7. The van der Waals surface area contributed by atoms with Crippen LogP contribution in [0.25, 0.3) is 77.2 Å².